The first-order chi connectivity index (χ1) is 15.1. The Morgan fingerprint density at radius 3 is 2.38 bits per heavy atom. The summed E-state index contributed by atoms with van der Waals surface area (Å²) < 4.78 is 32.1. The number of carbonyl (C=O) groups excluding carboxylic acids is 2. The third kappa shape index (κ3) is 6.30. The number of benzene rings is 2. The summed E-state index contributed by atoms with van der Waals surface area (Å²) in [6.07, 6.45) is 0. The van der Waals surface area contributed by atoms with Crippen molar-refractivity contribution in [3.8, 4) is 5.75 Å². The van der Waals surface area contributed by atoms with Crippen LogP contribution in [0.2, 0.25) is 0 Å². The molecule has 0 heterocycles. The van der Waals surface area contributed by atoms with Crippen LogP contribution < -0.4 is 10.1 Å². The molecule has 0 saturated carbocycles. The summed E-state index contributed by atoms with van der Waals surface area (Å²) in [6.45, 7) is 5.43. The smallest absolute Gasteiger partial charge is 0.243 e. The van der Waals surface area contributed by atoms with Crippen molar-refractivity contribution in [2.75, 3.05) is 27.2 Å². The molecule has 1 atom stereocenters. The van der Waals surface area contributed by atoms with Gasteiger partial charge in [-0.1, -0.05) is 29.8 Å². The zero-order valence-electron chi connectivity index (χ0n) is 19.2. The highest BCUT2D eigenvalue weighted by Gasteiger charge is 2.30. The van der Waals surface area contributed by atoms with Gasteiger partial charge in [-0.05, 0) is 50.6 Å². The zero-order valence-corrected chi connectivity index (χ0v) is 20.0. The summed E-state index contributed by atoms with van der Waals surface area (Å²) in [5.74, 6) is -0.169. The van der Waals surface area contributed by atoms with Gasteiger partial charge in [0.25, 0.3) is 0 Å². The standard InChI is InChI=1S/C23H31N3O5S/c1-6-24-23(28)18(3)26(15-19-8-7-9-20(14-19)31-5)22(27)16-25(4)32(29,30)21-12-10-17(2)11-13-21/h7-14,18H,6,15-16H2,1-5H3,(H,24,28). The predicted molar refractivity (Wildman–Crippen MR) is 123 cm³/mol. The Morgan fingerprint density at radius 1 is 1.12 bits per heavy atom. The number of amides is 2. The van der Waals surface area contributed by atoms with Crippen molar-refractivity contribution in [2.45, 2.75) is 38.3 Å². The molecule has 0 bridgehead atoms. The van der Waals surface area contributed by atoms with Crippen LogP contribution in [0.3, 0.4) is 0 Å². The first kappa shape index (κ1) is 25.4. The minimum absolute atomic E-state index is 0.106. The molecule has 8 nitrogen and oxygen atoms in total. The Bertz CT molecular complexity index is 1040. The van der Waals surface area contributed by atoms with E-state index in [9.17, 15) is 18.0 Å². The van der Waals surface area contributed by atoms with E-state index in [0.29, 0.717) is 12.3 Å². The SMILES string of the molecule is CCNC(=O)C(C)N(Cc1cccc(OC)c1)C(=O)CN(C)S(=O)(=O)c1ccc(C)cc1. The van der Waals surface area contributed by atoms with Crippen LogP contribution in [0.15, 0.2) is 53.4 Å². The molecular formula is C23H31N3O5S. The fourth-order valence-corrected chi connectivity index (χ4v) is 4.25. The minimum Gasteiger partial charge on any atom is -0.497 e. The van der Waals surface area contributed by atoms with Gasteiger partial charge in [-0.2, -0.15) is 4.31 Å². The molecule has 2 rings (SSSR count). The van der Waals surface area contributed by atoms with Gasteiger partial charge in [0.05, 0.1) is 18.6 Å². The van der Waals surface area contributed by atoms with Gasteiger partial charge in [0.15, 0.2) is 0 Å². The van der Waals surface area contributed by atoms with Crippen LogP contribution >= 0.6 is 0 Å². The Balaban J connectivity index is 2.27. The van der Waals surface area contributed by atoms with E-state index in [-0.39, 0.29) is 17.3 Å². The topological polar surface area (TPSA) is 96.0 Å². The summed E-state index contributed by atoms with van der Waals surface area (Å²) in [7, 11) is -0.958. The number of ether oxygens (including phenoxy) is 1. The average molecular weight is 462 g/mol. The Morgan fingerprint density at radius 2 is 1.78 bits per heavy atom. The fraction of sp³-hybridized carbons (Fsp3) is 0.391. The van der Waals surface area contributed by atoms with Gasteiger partial charge in [0.2, 0.25) is 21.8 Å². The molecular weight excluding hydrogens is 430 g/mol. The summed E-state index contributed by atoms with van der Waals surface area (Å²) >= 11 is 0. The third-order valence-electron chi connectivity index (χ3n) is 5.09. The van der Waals surface area contributed by atoms with Gasteiger partial charge in [-0.3, -0.25) is 9.59 Å². The van der Waals surface area contributed by atoms with Crippen LogP contribution in [0.4, 0.5) is 0 Å². The van der Waals surface area contributed by atoms with Crippen molar-refractivity contribution < 1.29 is 22.7 Å². The lowest BCUT2D eigenvalue weighted by molar-refractivity contribution is -0.140. The second kappa shape index (κ2) is 11.1. The zero-order chi connectivity index (χ0) is 23.9. The summed E-state index contributed by atoms with van der Waals surface area (Å²) in [4.78, 5) is 27.2. The van der Waals surface area contributed by atoms with Crippen LogP contribution in [0.1, 0.15) is 25.0 Å². The fourth-order valence-electron chi connectivity index (χ4n) is 3.13. The summed E-state index contributed by atoms with van der Waals surface area (Å²) in [5, 5.41) is 2.71. The number of nitrogens with one attached hydrogen (secondary N) is 1. The monoisotopic (exact) mass is 461 g/mol. The van der Waals surface area contributed by atoms with Crippen LogP contribution in [-0.2, 0) is 26.2 Å². The third-order valence-corrected chi connectivity index (χ3v) is 6.91. The predicted octanol–water partition coefficient (Wildman–Crippen LogP) is 2.18. The normalized spacial score (nSPS) is 12.3. The van der Waals surface area contributed by atoms with Crippen LogP contribution in [-0.4, -0.2) is 62.7 Å². The van der Waals surface area contributed by atoms with Crippen LogP contribution in [0.5, 0.6) is 5.75 Å². The molecule has 32 heavy (non-hydrogen) atoms. The molecule has 0 fully saturated rings. The number of hydrogen-bond acceptors (Lipinski definition) is 5. The molecule has 0 aliphatic rings. The van der Waals surface area contributed by atoms with Gasteiger partial charge in [-0.15, -0.1) is 0 Å². The second-order valence-electron chi connectivity index (χ2n) is 7.52. The lowest BCUT2D eigenvalue weighted by Crippen LogP contribution is -2.50. The number of nitrogens with zero attached hydrogens (tertiary/aromatic N) is 2. The maximum absolute atomic E-state index is 13.2. The highest BCUT2D eigenvalue weighted by atomic mass is 32.2. The van der Waals surface area contributed by atoms with Crippen LogP contribution in [0.25, 0.3) is 0 Å². The molecule has 0 aliphatic carbocycles. The number of likely N-dealkylation sites (N-methyl/N-ethyl adjacent to an activating group) is 2. The average Bonchev–Trinajstić information content (AvgIpc) is 2.77. The lowest BCUT2D eigenvalue weighted by atomic mass is 10.1. The maximum atomic E-state index is 13.2. The number of hydrogen-bond donors (Lipinski definition) is 1. The van der Waals surface area contributed by atoms with E-state index in [0.717, 1.165) is 15.4 Å². The van der Waals surface area contributed by atoms with Gasteiger partial charge in [0, 0.05) is 20.1 Å². The van der Waals surface area contributed by atoms with Gasteiger partial charge in [0.1, 0.15) is 11.8 Å². The number of methoxy groups -OCH3 is 1. The van der Waals surface area contributed by atoms with Crippen molar-refractivity contribution in [3.63, 3.8) is 0 Å². The largest absolute Gasteiger partial charge is 0.497 e. The quantitative estimate of drug-likeness (QED) is 0.585. The summed E-state index contributed by atoms with van der Waals surface area (Å²) in [6, 6.07) is 12.8. The first-order valence-electron chi connectivity index (χ1n) is 10.3. The number of carbonyl (C=O) groups is 2. The molecule has 9 heteroatoms. The van der Waals surface area contributed by atoms with Crippen LogP contribution in [0, 0.1) is 6.92 Å². The van der Waals surface area contributed by atoms with E-state index < -0.39 is 28.5 Å². The molecule has 174 valence electrons. The molecule has 2 aromatic carbocycles. The van der Waals surface area contributed by atoms with Crippen molar-refractivity contribution in [3.05, 3.63) is 59.7 Å². The number of sulfonamides is 1. The molecule has 2 aromatic rings. The Labute approximate surface area is 190 Å². The molecule has 0 radical (unpaired) electrons. The van der Waals surface area contributed by atoms with Gasteiger partial charge < -0.3 is 15.0 Å². The van der Waals surface area contributed by atoms with E-state index in [1.807, 2.05) is 13.0 Å². The van der Waals surface area contributed by atoms with E-state index in [1.165, 1.54) is 24.1 Å². The molecule has 0 saturated heterocycles. The molecule has 0 aliphatic heterocycles. The van der Waals surface area contributed by atoms with Crippen molar-refractivity contribution in [2.24, 2.45) is 0 Å². The molecule has 2 amide bonds. The van der Waals surface area contributed by atoms with Crippen molar-refractivity contribution in [1.29, 1.82) is 0 Å². The second-order valence-corrected chi connectivity index (χ2v) is 9.56. The Kier molecular flexibility index (Phi) is 8.80. The van der Waals surface area contributed by atoms with E-state index in [1.54, 1.807) is 51.3 Å². The van der Waals surface area contributed by atoms with E-state index in [2.05, 4.69) is 5.32 Å². The number of rotatable bonds is 10. The van der Waals surface area contributed by atoms with Crippen molar-refractivity contribution >= 4 is 21.8 Å². The van der Waals surface area contributed by atoms with E-state index >= 15 is 0 Å². The molecule has 0 aromatic heterocycles. The maximum Gasteiger partial charge on any atom is 0.243 e. The molecule has 0 spiro atoms. The van der Waals surface area contributed by atoms with Gasteiger partial charge in [-0.25, -0.2) is 8.42 Å². The van der Waals surface area contributed by atoms with E-state index in [4.69, 9.17) is 4.74 Å². The highest BCUT2D eigenvalue weighted by molar-refractivity contribution is 7.89. The Hall–Kier alpha value is -2.91. The molecule has 1 unspecified atom stereocenters. The number of aryl methyl sites for hydroxylation is 1. The molecule has 1 N–H and O–H groups in total. The van der Waals surface area contributed by atoms with Crippen molar-refractivity contribution in [1.82, 2.24) is 14.5 Å². The summed E-state index contributed by atoms with van der Waals surface area (Å²) in [5.41, 5.74) is 1.70. The lowest BCUT2D eigenvalue weighted by Gasteiger charge is -2.30. The first-order valence-corrected chi connectivity index (χ1v) is 11.8. The minimum atomic E-state index is -3.86. The highest BCUT2D eigenvalue weighted by Crippen LogP contribution is 2.18. The van der Waals surface area contributed by atoms with Gasteiger partial charge >= 0.3 is 0 Å².